The average Bonchev–Trinajstić information content (AvgIpc) is 2.81. The molecule has 30 heavy (non-hydrogen) atoms. The number of nitrogen functional groups attached to an aromatic ring is 1. The maximum absolute atomic E-state index is 13.0. The minimum atomic E-state index is 0.0981. The molecule has 0 aromatic heterocycles. The number of nitrogens with two attached hydrogens (primary N) is 1. The van der Waals surface area contributed by atoms with Crippen LogP contribution < -0.4 is 16.0 Å². The Kier molecular flexibility index (Phi) is 6.74. The van der Waals surface area contributed by atoms with Crippen LogP contribution in [0, 0.1) is 0 Å². The SMILES string of the molecule is Nc1cccc(C(=O)N2CCCCC2)c1NCCN1CCN(c2ccccc2)CC1. The third-order valence-electron chi connectivity index (χ3n) is 6.19. The molecule has 4 rings (SSSR count). The first kappa shape index (κ1) is 20.5. The van der Waals surface area contributed by atoms with Crippen molar-refractivity contribution in [3.05, 3.63) is 54.1 Å². The summed E-state index contributed by atoms with van der Waals surface area (Å²) in [5.74, 6) is 0.0981. The molecular weight excluding hydrogens is 374 g/mol. The van der Waals surface area contributed by atoms with Gasteiger partial charge in [-0.05, 0) is 43.5 Å². The zero-order chi connectivity index (χ0) is 20.8. The van der Waals surface area contributed by atoms with Gasteiger partial charge in [0.05, 0.1) is 16.9 Å². The number of likely N-dealkylation sites (tertiary alicyclic amines) is 1. The number of carbonyl (C=O) groups excluding carboxylic acids is 1. The number of piperidine rings is 1. The molecule has 0 aliphatic carbocycles. The summed E-state index contributed by atoms with van der Waals surface area (Å²) in [6, 6.07) is 16.2. The average molecular weight is 408 g/mol. The quantitative estimate of drug-likeness (QED) is 0.721. The van der Waals surface area contributed by atoms with Gasteiger partial charge in [-0.2, -0.15) is 0 Å². The summed E-state index contributed by atoms with van der Waals surface area (Å²) in [5, 5.41) is 3.46. The fourth-order valence-corrected chi connectivity index (χ4v) is 4.42. The van der Waals surface area contributed by atoms with Crippen molar-refractivity contribution in [2.45, 2.75) is 19.3 Å². The molecular formula is C24H33N5O. The van der Waals surface area contributed by atoms with Crippen molar-refractivity contribution in [2.24, 2.45) is 0 Å². The number of rotatable bonds is 6. The lowest BCUT2D eigenvalue weighted by atomic mass is 10.1. The van der Waals surface area contributed by atoms with Gasteiger partial charge in [0.15, 0.2) is 0 Å². The number of amides is 1. The van der Waals surface area contributed by atoms with Crippen molar-refractivity contribution in [3.8, 4) is 0 Å². The van der Waals surface area contributed by atoms with Crippen LogP contribution in [0.5, 0.6) is 0 Å². The summed E-state index contributed by atoms with van der Waals surface area (Å²) in [5.41, 5.74) is 9.67. The first-order chi connectivity index (χ1) is 14.7. The first-order valence-corrected chi connectivity index (χ1v) is 11.2. The van der Waals surface area contributed by atoms with E-state index in [2.05, 4.69) is 45.4 Å². The molecule has 0 saturated carbocycles. The second kappa shape index (κ2) is 9.85. The highest BCUT2D eigenvalue weighted by Crippen LogP contribution is 2.26. The second-order valence-electron chi connectivity index (χ2n) is 8.21. The molecule has 0 bridgehead atoms. The van der Waals surface area contributed by atoms with Gasteiger partial charge in [0.25, 0.3) is 5.91 Å². The zero-order valence-corrected chi connectivity index (χ0v) is 17.7. The van der Waals surface area contributed by atoms with Gasteiger partial charge in [-0.25, -0.2) is 0 Å². The standard InChI is InChI=1S/C24H33N5O/c25-22-11-7-10-21(24(30)29-13-5-2-6-14-29)23(22)26-12-15-27-16-18-28(19-17-27)20-8-3-1-4-9-20/h1,3-4,7-11,26H,2,5-6,12-19,25H2. The monoisotopic (exact) mass is 407 g/mol. The minimum absolute atomic E-state index is 0.0981. The highest BCUT2D eigenvalue weighted by molar-refractivity contribution is 6.02. The fraction of sp³-hybridized carbons (Fsp3) is 0.458. The Morgan fingerprint density at radius 2 is 1.60 bits per heavy atom. The van der Waals surface area contributed by atoms with E-state index in [0.717, 1.165) is 70.9 Å². The molecule has 0 unspecified atom stereocenters. The molecule has 2 aromatic rings. The molecule has 2 fully saturated rings. The number of piperazine rings is 1. The van der Waals surface area contributed by atoms with Crippen LogP contribution in [0.25, 0.3) is 0 Å². The summed E-state index contributed by atoms with van der Waals surface area (Å²) in [7, 11) is 0. The largest absolute Gasteiger partial charge is 0.397 e. The van der Waals surface area contributed by atoms with Crippen molar-refractivity contribution in [1.82, 2.24) is 9.80 Å². The van der Waals surface area contributed by atoms with Crippen LogP contribution in [0.15, 0.2) is 48.5 Å². The molecule has 160 valence electrons. The van der Waals surface area contributed by atoms with Crippen molar-refractivity contribution in [3.63, 3.8) is 0 Å². The van der Waals surface area contributed by atoms with Crippen LogP contribution in [0.2, 0.25) is 0 Å². The Morgan fingerprint density at radius 1 is 0.867 bits per heavy atom. The lowest BCUT2D eigenvalue weighted by molar-refractivity contribution is 0.0725. The predicted molar refractivity (Wildman–Crippen MR) is 124 cm³/mol. The Labute approximate surface area is 179 Å². The van der Waals surface area contributed by atoms with Gasteiger partial charge < -0.3 is 20.9 Å². The molecule has 2 aromatic carbocycles. The van der Waals surface area contributed by atoms with Gasteiger partial charge in [-0.1, -0.05) is 24.3 Å². The summed E-state index contributed by atoms with van der Waals surface area (Å²) >= 11 is 0. The maximum Gasteiger partial charge on any atom is 0.256 e. The van der Waals surface area contributed by atoms with E-state index in [-0.39, 0.29) is 5.91 Å². The summed E-state index contributed by atoms with van der Waals surface area (Å²) in [6.07, 6.45) is 3.39. The summed E-state index contributed by atoms with van der Waals surface area (Å²) in [4.78, 5) is 19.9. The topological polar surface area (TPSA) is 64.8 Å². The Balaban J connectivity index is 1.31. The molecule has 2 aliphatic rings. The molecule has 2 saturated heterocycles. The molecule has 0 radical (unpaired) electrons. The highest BCUT2D eigenvalue weighted by Gasteiger charge is 2.22. The molecule has 0 spiro atoms. The number of nitrogens with zero attached hydrogens (tertiary/aromatic N) is 3. The van der Waals surface area contributed by atoms with Crippen molar-refractivity contribution in [1.29, 1.82) is 0 Å². The van der Waals surface area contributed by atoms with E-state index in [1.54, 1.807) is 0 Å². The lowest BCUT2D eigenvalue weighted by Crippen LogP contribution is -2.47. The van der Waals surface area contributed by atoms with E-state index >= 15 is 0 Å². The fourth-order valence-electron chi connectivity index (χ4n) is 4.42. The maximum atomic E-state index is 13.0. The summed E-state index contributed by atoms with van der Waals surface area (Å²) in [6.45, 7) is 7.57. The van der Waals surface area contributed by atoms with E-state index in [1.165, 1.54) is 12.1 Å². The van der Waals surface area contributed by atoms with E-state index in [4.69, 9.17) is 5.73 Å². The number of para-hydroxylation sites is 2. The third kappa shape index (κ3) is 4.87. The number of carbonyl (C=O) groups is 1. The molecule has 2 heterocycles. The molecule has 3 N–H and O–H groups in total. The van der Waals surface area contributed by atoms with Crippen molar-refractivity contribution in [2.75, 3.05) is 68.3 Å². The van der Waals surface area contributed by atoms with Gasteiger partial charge in [0.1, 0.15) is 0 Å². The van der Waals surface area contributed by atoms with Gasteiger partial charge in [0.2, 0.25) is 0 Å². The van der Waals surface area contributed by atoms with Crippen LogP contribution in [-0.4, -0.2) is 68.1 Å². The van der Waals surface area contributed by atoms with Gasteiger partial charge >= 0.3 is 0 Å². The predicted octanol–water partition coefficient (Wildman–Crippen LogP) is 3.13. The minimum Gasteiger partial charge on any atom is -0.397 e. The van der Waals surface area contributed by atoms with Crippen LogP contribution in [0.4, 0.5) is 17.1 Å². The normalized spacial score (nSPS) is 17.7. The van der Waals surface area contributed by atoms with E-state index in [0.29, 0.717) is 11.3 Å². The number of hydrogen-bond acceptors (Lipinski definition) is 5. The van der Waals surface area contributed by atoms with Gasteiger partial charge in [-0.15, -0.1) is 0 Å². The van der Waals surface area contributed by atoms with E-state index in [9.17, 15) is 4.79 Å². The van der Waals surface area contributed by atoms with Crippen LogP contribution in [-0.2, 0) is 0 Å². The van der Waals surface area contributed by atoms with Gasteiger partial charge in [0, 0.05) is 58.0 Å². The zero-order valence-electron chi connectivity index (χ0n) is 17.7. The van der Waals surface area contributed by atoms with E-state index < -0.39 is 0 Å². The van der Waals surface area contributed by atoms with Crippen molar-refractivity contribution >= 4 is 23.0 Å². The van der Waals surface area contributed by atoms with Gasteiger partial charge in [-0.3, -0.25) is 9.69 Å². The molecule has 6 nitrogen and oxygen atoms in total. The lowest BCUT2D eigenvalue weighted by Gasteiger charge is -2.36. The third-order valence-corrected chi connectivity index (χ3v) is 6.19. The Morgan fingerprint density at radius 3 is 2.33 bits per heavy atom. The highest BCUT2D eigenvalue weighted by atomic mass is 16.2. The Bertz CT molecular complexity index is 827. The first-order valence-electron chi connectivity index (χ1n) is 11.2. The molecule has 6 heteroatoms. The van der Waals surface area contributed by atoms with Crippen LogP contribution in [0.3, 0.4) is 0 Å². The Hall–Kier alpha value is -2.73. The number of hydrogen-bond donors (Lipinski definition) is 2. The number of nitrogens with one attached hydrogen (secondary N) is 1. The van der Waals surface area contributed by atoms with Crippen molar-refractivity contribution < 1.29 is 4.79 Å². The summed E-state index contributed by atoms with van der Waals surface area (Å²) < 4.78 is 0. The number of anilines is 3. The smallest absolute Gasteiger partial charge is 0.256 e. The molecule has 2 aliphatic heterocycles. The second-order valence-corrected chi connectivity index (χ2v) is 8.21. The van der Waals surface area contributed by atoms with Crippen LogP contribution >= 0.6 is 0 Å². The van der Waals surface area contributed by atoms with E-state index in [1.807, 2.05) is 23.1 Å². The van der Waals surface area contributed by atoms with Crippen LogP contribution in [0.1, 0.15) is 29.6 Å². The molecule has 0 atom stereocenters. The molecule has 1 amide bonds. The number of benzene rings is 2.